The molecule has 2 unspecified atom stereocenters. The van der Waals surface area contributed by atoms with Crippen LogP contribution in [-0.4, -0.2) is 29.4 Å². The fourth-order valence-electron chi connectivity index (χ4n) is 1.45. The van der Waals surface area contributed by atoms with Crippen LogP contribution in [0.4, 0.5) is 0 Å². The Morgan fingerprint density at radius 1 is 1.36 bits per heavy atom. The Morgan fingerprint density at radius 3 is 2.14 bits per heavy atom. The summed E-state index contributed by atoms with van der Waals surface area (Å²) in [7, 11) is -4.37. The lowest BCUT2D eigenvalue weighted by molar-refractivity contribution is 0.136. The highest BCUT2D eigenvalue weighted by Gasteiger charge is 2.25. The maximum atomic E-state index is 10.8. The fourth-order valence-corrected chi connectivity index (χ4v) is 2.47. The molecule has 0 rings (SSSR count). The van der Waals surface area contributed by atoms with E-state index >= 15 is 0 Å². The second-order valence-electron chi connectivity index (χ2n) is 4.02. The zero-order valence-corrected chi connectivity index (χ0v) is 9.75. The van der Waals surface area contributed by atoms with Gasteiger partial charge in [0.05, 0.1) is 11.4 Å². The number of aliphatic hydroxyl groups excluding tert-OH is 1. The maximum absolute atomic E-state index is 10.8. The Morgan fingerprint density at radius 2 is 1.86 bits per heavy atom. The summed E-state index contributed by atoms with van der Waals surface area (Å²) in [5.41, 5.74) is 0. The monoisotopic (exact) mass is 223 g/mol. The number of rotatable bonds is 6. The van der Waals surface area contributed by atoms with E-state index in [0.717, 1.165) is 0 Å². The van der Waals surface area contributed by atoms with E-state index in [1.807, 2.05) is 13.8 Å². The van der Waals surface area contributed by atoms with E-state index in [2.05, 4.69) is 0 Å². The molecule has 86 valence electrons. The van der Waals surface area contributed by atoms with E-state index in [9.17, 15) is 18.1 Å². The molecule has 0 saturated carbocycles. The minimum absolute atomic E-state index is 0.186. The van der Waals surface area contributed by atoms with Crippen LogP contribution in [0, 0.1) is 5.92 Å². The summed E-state index contributed by atoms with van der Waals surface area (Å²) in [5.74, 6) is 0.186. The molecule has 0 aliphatic rings. The minimum Gasteiger partial charge on any atom is -0.748 e. The van der Waals surface area contributed by atoms with Crippen LogP contribution in [0.1, 0.15) is 40.0 Å². The average Bonchev–Trinajstić information content (AvgIpc) is 1.96. The Bertz CT molecular complexity index is 246. The molecule has 0 aromatic rings. The molecule has 1 N–H and O–H groups in total. The summed E-state index contributed by atoms with van der Waals surface area (Å²) >= 11 is 0. The Balaban J connectivity index is 4.50. The van der Waals surface area contributed by atoms with Gasteiger partial charge in [-0.3, -0.25) is 0 Å². The highest BCUT2D eigenvalue weighted by molar-refractivity contribution is 7.86. The summed E-state index contributed by atoms with van der Waals surface area (Å²) in [6, 6.07) is 0. The van der Waals surface area contributed by atoms with Crippen molar-refractivity contribution < 1.29 is 18.1 Å². The van der Waals surface area contributed by atoms with Crippen LogP contribution < -0.4 is 0 Å². The second-order valence-corrected chi connectivity index (χ2v) is 5.61. The minimum atomic E-state index is -4.37. The maximum Gasteiger partial charge on any atom is 0.100 e. The number of hydrogen-bond acceptors (Lipinski definition) is 4. The van der Waals surface area contributed by atoms with Crippen molar-refractivity contribution in [3.63, 3.8) is 0 Å². The highest BCUT2D eigenvalue weighted by atomic mass is 32.2. The van der Waals surface area contributed by atoms with Crippen LogP contribution in [0.25, 0.3) is 0 Å². The molecule has 0 fully saturated rings. The summed E-state index contributed by atoms with van der Waals surface area (Å²) in [6.45, 7) is 5.55. The van der Waals surface area contributed by atoms with Gasteiger partial charge in [-0.2, -0.15) is 0 Å². The molecule has 0 bridgehead atoms. The van der Waals surface area contributed by atoms with Gasteiger partial charge in [0.1, 0.15) is 10.1 Å². The molecule has 2 atom stereocenters. The van der Waals surface area contributed by atoms with Crippen molar-refractivity contribution in [2.75, 3.05) is 0 Å². The summed E-state index contributed by atoms with van der Waals surface area (Å²) in [4.78, 5) is 0. The van der Waals surface area contributed by atoms with Gasteiger partial charge >= 0.3 is 0 Å². The zero-order valence-electron chi connectivity index (χ0n) is 8.93. The molecule has 5 heteroatoms. The molecule has 0 aliphatic carbocycles. The van der Waals surface area contributed by atoms with Gasteiger partial charge in [-0.05, 0) is 18.8 Å². The van der Waals surface area contributed by atoms with Gasteiger partial charge < -0.3 is 9.66 Å². The van der Waals surface area contributed by atoms with Crippen LogP contribution in [0.2, 0.25) is 0 Å². The van der Waals surface area contributed by atoms with Crippen molar-refractivity contribution in [3.8, 4) is 0 Å². The van der Waals surface area contributed by atoms with Gasteiger partial charge in [-0.1, -0.05) is 27.2 Å². The fraction of sp³-hybridized carbons (Fsp3) is 1.00. The first-order valence-corrected chi connectivity index (χ1v) is 6.39. The quantitative estimate of drug-likeness (QED) is 0.684. The van der Waals surface area contributed by atoms with Crippen molar-refractivity contribution in [2.24, 2.45) is 5.92 Å². The highest BCUT2D eigenvalue weighted by Crippen LogP contribution is 2.17. The number of aliphatic hydroxyl groups is 1. The van der Waals surface area contributed by atoms with Crippen LogP contribution in [0.3, 0.4) is 0 Å². The molecule has 4 nitrogen and oxygen atoms in total. The first-order chi connectivity index (χ1) is 6.29. The third-order valence-electron chi connectivity index (χ3n) is 2.09. The van der Waals surface area contributed by atoms with Crippen molar-refractivity contribution in [3.05, 3.63) is 0 Å². The Kier molecular flexibility index (Phi) is 5.63. The van der Waals surface area contributed by atoms with E-state index in [0.29, 0.717) is 12.8 Å². The SMILES string of the molecule is CCCC(C(O)CC(C)C)S(=O)(=O)[O-]. The van der Waals surface area contributed by atoms with E-state index in [1.54, 1.807) is 6.92 Å². The average molecular weight is 223 g/mol. The van der Waals surface area contributed by atoms with E-state index in [4.69, 9.17) is 0 Å². The van der Waals surface area contributed by atoms with Crippen molar-refractivity contribution in [1.82, 2.24) is 0 Å². The molecule has 14 heavy (non-hydrogen) atoms. The van der Waals surface area contributed by atoms with Gasteiger partial charge in [0.25, 0.3) is 0 Å². The molecule has 0 aliphatic heterocycles. The van der Waals surface area contributed by atoms with Crippen LogP contribution >= 0.6 is 0 Å². The Labute approximate surface area is 86.1 Å². The topological polar surface area (TPSA) is 77.4 Å². The lowest BCUT2D eigenvalue weighted by atomic mass is 10.0. The van der Waals surface area contributed by atoms with E-state index in [1.165, 1.54) is 0 Å². The van der Waals surface area contributed by atoms with Crippen molar-refractivity contribution in [2.45, 2.75) is 51.4 Å². The largest absolute Gasteiger partial charge is 0.748 e. The van der Waals surface area contributed by atoms with Gasteiger partial charge in [-0.25, -0.2) is 8.42 Å². The molecule has 0 aromatic heterocycles. The summed E-state index contributed by atoms with van der Waals surface area (Å²) in [6.07, 6.45) is 0.144. The van der Waals surface area contributed by atoms with Crippen LogP contribution in [0.15, 0.2) is 0 Å². The van der Waals surface area contributed by atoms with E-state index in [-0.39, 0.29) is 12.3 Å². The molecule has 0 amide bonds. The predicted molar refractivity (Wildman–Crippen MR) is 53.9 cm³/mol. The molecule has 0 spiro atoms. The van der Waals surface area contributed by atoms with Crippen molar-refractivity contribution in [1.29, 1.82) is 0 Å². The third kappa shape index (κ3) is 4.93. The second kappa shape index (κ2) is 5.68. The molecule has 0 heterocycles. The van der Waals surface area contributed by atoms with Crippen LogP contribution in [-0.2, 0) is 10.1 Å². The van der Waals surface area contributed by atoms with Gasteiger partial charge in [0.15, 0.2) is 0 Å². The standard InChI is InChI=1S/C9H20O4S/c1-4-5-9(14(11,12)13)8(10)6-7(2)3/h7-10H,4-6H2,1-3H3,(H,11,12,13)/p-1. The molecule has 0 saturated heterocycles. The first-order valence-electron chi connectivity index (χ1n) is 4.91. The lowest BCUT2D eigenvalue weighted by Gasteiger charge is -2.26. The molecule has 0 radical (unpaired) electrons. The summed E-state index contributed by atoms with van der Waals surface area (Å²) < 4.78 is 32.5. The predicted octanol–water partition coefficient (Wildman–Crippen LogP) is 1.11. The molecular weight excluding hydrogens is 204 g/mol. The molecule has 0 aromatic carbocycles. The lowest BCUT2D eigenvalue weighted by Crippen LogP contribution is -2.34. The smallest absolute Gasteiger partial charge is 0.100 e. The van der Waals surface area contributed by atoms with Gasteiger partial charge in [-0.15, -0.1) is 0 Å². The first kappa shape index (κ1) is 13.9. The third-order valence-corrected chi connectivity index (χ3v) is 3.38. The zero-order chi connectivity index (χ0) is 11.4. The van der Waals surface area contributed by atoms with Gasteiger partial charge in [0.2, 0.25) is 0 Å². The Hall–Kier alpha value is -0.130. The normalized spacial score (nSPS) is 17.0. The van der Waals surface area contributed by atoms with E-state index < -0.39 is 21.5 Å². The van der Waals surface area contributed by atoms with Crippen LogP contribution in [0.5, 0.6) is 0 Å². The van der Waals surface area contributed by atoms with Gasteiger partial charge in [0, 0.05) is 0 Å². The summed E-state index contributed by atoms with van der Waals surface area (Å²) in [5, 5.41) is 8.42. The number of hydrogen-bond donors (Lipinski definition) is 1. The van der Waals surface area contributed by atoms with Crippen molar-refractivity contribution >= 4 is 10.1 Å². The molecular formula is C9H19O4S-.